The fraction of sp³-hybridized carbons (Fsp3) is 0.227. The Morgan fingerprint density at radius 2 is 1.81 bits per heavy atom. The van der Waals surface area contributed by atoms with E-state index in [1.807, 2.05) is 23.7 Å². The number of nitrogens with one attached hydrogen (secondary N) is 3. The highest BCUT2D eigenvalue weighted by atomic mass is 32.1. The Morgan fingerprint density at radius 3 is 2.53 bits per heavy atom. The molecular weight excluding hydrogens is 434 g/mol. The Labute approximate surface area is 189 Å². The molecule has 0 aliphatic rings. The number of furan rings is 1. The van der Waals surface area contributed by atoms with E-state index in [0.29, 0.717) is 29.0 Å². The molecule has 0 spiro atoms. The molecule has 0 unspecified atom stereocenters. The predicted octanol–water partition coefficient (Wildman–Crippen LogP) is 2.46. The van der Waals surface area contributed by atoms with E-state index in [4.69, 9.17) is 31.7 Å². The summed E-state index contributed by atoms with van der Waals surface area (Å²) in [6, 6.07) is 14.1. The van der Waals surface area contributed by atoms with Crippen LogP contribution in [0.3, 0.4) is 0 Å². The van der Waals surface area contributed by atoms with Gasteiger partial charge in [0.15, 0.2) is 5.76 Å². The lowest BCUT2D eigenvalue weighted by atomic mass is 10.1. The molecule has 3 rings (SSSR count). The summed E-state index contributed by atoms with van der Waals surface area (Å²) in [5, 5.41) is 24.2. The molecule has 32 heavy (non-hydrogen) atoms. The van der Waals surface area contributed by atoms with Gasteiger partial charge in [-0.3, -0.25) is 20.3 Å². The van der Waals surface area contributed by atoms with Gasteiger partial charge < -0.3 is 24.9 Å². The monoisotopic (exact) mass is 457 g/mol. The summed E-state index contributed by atoms with van der Waals surface area (Å²) in [7, 11) is 0. The summed E-state index contributed by atoms with van der Waals surface area (Å²) >= 11 is 4.94. The molecule has 0 aliphatic heterocycles. The molecule has 10 heteroatoms. The number of aliphatic carboxylic acids is 1. The lowest BCUT2D eigenvalue weighted by molar-refractivity contribution is -0.136. The summed E-state index contributed by atoms with van der Waals surface area (Å²) in [5.74, 6) is -0.497. The maximum atomic E-state index is 12.7. The first-order valence-corrected chi connectivity index (χ1v) is 10.3. The maximum Gasteiger partial charge on any atom is 0.304 e. The Morgan fingerprint density at radius 1 is 1.06 bits per heavy atom. The van der Waals surface area contributed by atoms with Gasteiger partial charge in [0.1, 0.15) is 22.9 Å². The fourth-order valence-corrected chi connectivity index (χ4v) is 3.18. The van der Waals surface area contributed by atoms with Crippen molar-refractivity contribution in [3.05, 3.63) is 65.4 Å². The molecule has 0 radical (unpaired) electrons. The van der Waals surface area contributed by atoms with Crippen LogP contribution in [0.5, 0.6) is 5.75 Å². The number of amides is 1. The minimum absolute atomic E-state index is 0.0159. The lowest BCUT2D eigenvalue weighted by Crippen LogP contribution is -2.29. The van der Waals surface area contributed by atoms with Crippen molar-refractivity contribution in [2.75, 3.05) is 19.7 Å². The molecule has 0 fully saturated rings. The number of hydrogen-bond donors (Lipinski definition) is 5. The van der Waals surface area contributed by atoms with Crippen LogP contribution in [0.1, 0.15) is 28.1 Å². The molecule has 0 saturated heterocycles. The number of para-hydroxylation sites is 1. The average molecular weight is 458 g/mol. The Balaban J connectivity index is 1.57. The van der Waals surface area contributed by atoms with E-state index < -0.39 is 5.97 Å². The second-order valence-corrected chi connectivity index (χ2v) is 7.20. The molecular formula is C22H23N3O6S. The number of thiocarbonyl (C=S) groups is 1. The first kappa shape index (κ1) is 23.2. The molecule has 0 atom stereocenters. The average Bonchev–Trinajstić information content (AvgIpc) is 3.18. The Hall–Kier alpha value is -3.47. The van der Waals surface area contributed by atoms with Gasteiger partial charge in [-0.25, -0.2) is 0 Å². The molecule has 5 N–H and O–H groups in total. The second kappa shape index (κ2) is 11.2. The minimum Gasteiger partial charge on any atom is -0.492 e. The molecule has 2 aromatic carbocycles. The molecule has 1 heterocycles. The highest BCUT2D eigenvalue weighted by Gasteiger charge is 2.20. The van der Waals surface area contributed by atoms with Crippen LogP contribution in [0.15, 0.2) is 52.9 Å². The molecule has 1 amide bonds. The van der Waals surface area contributed by atoms with Gasteiger partial charge in [-0.15, -0.1) is 0 Å². The van der Waals surface area contributed by atoms with Gasteiger partial charge in [0.25, 0.3) is 5.91 Å². The number of carboxylic acid groups (broad SMARTS) is 1. The van der Waals surface area contributed by atoms with Gasteiger partial charge in [0, 0.05) is 29.6 Å². The van der Waals surface area contributed by atoms with Crippen molar-refractivity contribution in [3.8, 4) is 5.75 Å². The molecule has 9 nitrogen and oxygen atoms in total. The van der Waals surface area contributed by atoms with Crippen LogP contribution in [0.2, 0.25) is 0 Å². The van der Waals surface area contributed by atoms with Crippen molar-refractivity contribution in [1.29, 1.82) is 0 Å². The summed E-state index contributed by atoms with van der Waals surface area (Å²) in [4.78, 5) is 23.6. The first-order valence-electron chi connectivity index (χ1n) is 9.88. The SMILES string of the molecule is O=C(O)CCNCc1c(C(=O)NCCOc2ccc(C(=S)NO)cc2)oc2ccccc12. The zero-order valence-electron chi connectivity index (χ0n) is 17.1. The van der Waals surface area contributed by atoms with E-state index in [1.165, 1.54) is 0 Å². The smallest absolute Gasteiger partial charge is 0.304 e. The van der Waals surface area contributed by atoms with E-state index in [2.05, 4.69) is 10.6 Å². The third-order valence-corrected chi connectivity index (χ3v) is 4.92. The number of carbonyl (C=O) groups excluding carboxylic acids is 1. The van der Waals surface area contributed by atoms with Gasteiger partial charge in [-0.1, -0.05) is 30.4 Å². The van der Waals surface area contributed by atoms with Crippen LogP contribution >= 0.6 is 12.2 Å². The van der Waals surface area contributed by atoms with Crippen LogP contribution in [-0.4, -0.2) is 46.9 Å². The van der Waals surface area contributed by atoms with Gasteiger partial charge in [-0.05, 0) is 30.3 Å². The van der Waals surface area contributed by atoms with E-state index in [0.717, 1.165) is 5.39 Å². The summed E-state index contributed by atoms with van der Waals surface area (Å²) in [6.45, 7) is 1.07. The van der Waals surface area contributed by atoms with Gasteiger partial charge in [0.05, 0.1) is 13.0 Å². The number of rotatable bonds is 11. The van der Waals surface area contributed by atoms with Crippen LogP contribution < -0.4 is 20.9 Å². The van der Waals surface area contributed by atoms with Crippen LogP contribution in [0, 0.1) is 0 Å². The molecule has 168 valence electrons. The lowest BCUT2D eigenvalue weighted by Gasteiger charge is -2.09. The standard InChI is InChI=1S/C22H23N3O6S/c26-19(27)9-10-23-13-17-16-3-1-2-4-18(16)31-20(17)21(28)24-11-12-30-15-7-5-14(6-8-15)22(32)25-29/h1-8,23,29H,9-13H2,(H,24,28)(H,25,32)(H,26,27). The third-order valence-electron chi connectivity index (χ3n) is 4.60. The minimum atomic E-state index is -0.894. The van der Waals surface area contributed by atoms with Gasteiger partial charge >= 0.3 is 5.97 Å². The maximum absolute atomic E-state index is 12.7. The Kier molecular flexibility index (Phi) is 8.14. The van der Waals surface area contributed by atoms with Gasteiger partial charge in [0.2, 0.25) is 0 Å². The summed E-state index contributed by atoms with van der Waals surface area (Å²) in [5.41, 5.74) is 3.83. The topological polar surface area (TPSA) is 133 Å². The summed E-state index contributed by atoms with van der Waals surface area (Å²) < 4.78 is 11.4. The number of benzene rings is 2. The number of fused-ring (bicyclic) bond motifs is 1. The molecule has 0 bridgehead atoms. The largest absolute Gasteiger partial charge is 0.492 e. The molecule has 1 aromatic heterocycles. The van der Waals surface area contributed by atoms with Crippen molar-refractivity contribution in [3.63, 3.8) is 0 Å². The van der Waals surface area contributed by atoms with E-state index >= 15 is 0 Å². The van der Waals surface area contributed by atoms with Crippen LogP contribution in [0.25, 0.3) is 11.0 Å². The van der Waals surface area contributed by atoms with Crippen molar-refractivity contribution >= 4 is 40.1 Å². The van der Waals surface area contributed by atoms with E-state index in [1.54, 1.807) is 30.3 Å². The first-order chi connectivity index (χ1) is 15.5. The highest BCUT2D eigenvalue weighted by molar-refractivity contribution is 7.80. The number of carbonyl (C=O) groups is 2. The Bertz CT molecular complexity index is 1100. The zero-order valence-corrected chi connectivity index (χ0v) is 17.9. The zero-order chi connectivity index (χ0) is 22.9. The second-order valence-electron chi connectivity index (χ2n) is 6.80. The van der Waals surface area contributed by atoms with Crippen molar-refractivity contribution in [1.82, 2.24) is 16.1 Å². The van der Waals surface area contributed by atoms with Crippen molar-refractivity contribution in [2.24, 2.45) is 0 Å². The van der Waals surface area contributed by atoms with E-state index in [9.17, 15) is 9.59 Å². The third kappa shape index (κ3) is 6.03. The fourth-order valence-electron chi connectivity index (χ4n) is 3.05. The predicted molar refractivity (Wildman–Crippen MR) is 121 cm³/mol. The van der Waals surface area contributed by atoms with E-state index in [-0.39, 0.29) is 42.8 Å². The van der Waals surface area contributed by atoms with Crippen LogP contribution in [-0.2, 0) is 11.3 Å². The number of carboxylic acids is 1. The highest BCUT2D eigenvalue weighted by Crippen LogP contribution is 2.25. The van der Waals surface area contributed by atoms with Crippen molar-refractivity contribution in [2.45, 2.75) is 13.0 Å². The number of ether oxygens (including phenoxy) is 1. The number of hydrogen-bond acceptors (Lipinski definition) is 7. The van der Waals surface area contributed by atoms with Gasteiger partial charge in [-0.2, -0.15) is 0 Å². The summed E-state index contributed by atoms with van der Waals surface area (Å²) in [6.07, 6.45) is -0.0159. The quantitative estimate of drug-likeness (QED) is 0.167. The van der Waals surface area contributed by atoms with Crippen LogP contribution in [0.4, 0.5) is 0 Å². The van der Waals surface area contributed by atoms with Crippen molar-refractivity contribution < 1.29 is 29.1 Å². The normalized spacial score (nSPS) is 10.7. The molecule has 3 aromatic rings. The molecule has 0 aliphatic carbocycles. The molecule has 0 saturated carbocycles. The number of hydroxylamine groups is 1.